The number of hydrogen-bond donors (Lipinski definition) is 2. The number of carbonyl (C=O) groups excluding carboxylic acids is 1. The van der Waals surface area contributed by atoms with Gasteiger partial charge in [0.1, 0.15) is 0 Å². The molecule has 0 atom stereocenters. The van der Waals surface area contributed by atoms with E-state index < -0.39 is 4.92 Å². The monoisotopic (exact) mass is 721 g/mol. The summed E-state index contributed by atoms with van der Waals surface area (Å²) in [5, 5.41) is 27.1. The van der Waals surface area contributed by atoms with Crippen LogP contribution in [-0.2, 0) is 4.79 Å². The molecule has 0 saturated heterocycles. The SMILES string of the molecule is C(/C=C/c1ccccc1)=C\c1ccccc1.C(=C\c1ccccc1)/c1ccccc1.CC(C)=CCO.CC1=CC(=O)CCC1.O=[N+]([O-])c1ccccc1O. The van der Waals surface area contributed by atoms with Crippen molar-refractivity contribution >= 4 is 35.8 Å². The Labute approximate surface area is 320 Å². The maximum Gasteiger partial charge on any atom is 0.310 e. The minimum absolute atomic E-state index is 0.169. The molecule has 0 unspecified atom stereocenters. The van der Waals surface area contributed by atoms with Crippen LogP contribution in [0.1, 0.15) is 62.3 Å². The molecule has 0 radical (unpaired) electrons. The summed E-state index contributed by atoms with van der Waals surface area (Å²) >= 11 is 0. The minimum Gasteiger partial charge on any atom is -0.502 e. The fourth-order valence-corrected chi connectivity index (χ4v) is 4.54. The first kappa shape index (κ1) is 43.8. The number of aromatic hydroxyl groups is 1. The Hall–Kier alpha value is -6.37. The summed E-state index contributed by atoms with van der Waals surface area (Å²) in [4.78, 5) is 20.0. The van der Waals surface area contributed by atoms with Crippen molar-refractivity contribution in [2.24, 2.45) is 0 Å². The molecule has 54 heavy (non-hydrogen) atoms. The van der Waals surface area contributed by atoms with Gasteiger partial charge in [0.2, 0.25) is 0 Å². The molecule has 5 aromatic rings. The predicted octanol–water partition coefficient (Wildman–Crippen LogP) is 12.2. The van der Waals surface area contributed by atoms with E-state index in [0.717, 1.165) is 24.8 Å². The normalized spacial score (nSPS) is 11.7. The molecular weight excluding hydrogens is 671 g/mol. The predicted molar refractivity (Wildman–Crippen MR) is 227 cm³/mol. The number of allylic oxidation sites excluding steroid dienone is 5. The highest BCUT2D eigenvalue weighted by molar-refractivity contribution is 5.91. The zero-order valence-electron chi connectivity index (χ0n) is 31.4. The molecule has 6 heteroatoms. The first-order chi connectivity index (χ1) is 26.2. The smallest absolute Gasteiger partial charge is 0.310 e. The number of phenolic OH excluding ortho intramolecular Hbond substituents is 1. The van der Waals surface area contributed by atoms with Crippen molar-refractivity contribution < 1.29 is 19.9 Å². The van der Waals surface area contributed by atoms with E-state index in [1.54, 1.807) is 12.2 Å². The molecule has 0 aromatic heterocycles. The van der Waals surface area contributed by atoms with Crippen LogP contribution in [0.25, 0.3) is 24.3 Å². The first-order valence-corrected chi connectivity index (χ1v) is 17.8. The summed E-state index contributed by atoms with van der Waals surface area (Å²) < 4.78 is 0. The molecule has 0 spiro atoms. The molecule has 278 valence electrons. The Kier molecular flexibility index (Phi) is 22.1. The molecule has 2 N–H and O–H groups in total. The van der Waals surface area contributed by atoms with Gasteiger partial charge in [0.05, 0.1) is 11.5 Å². The molecule has 1 aliphatic rings. The maximum atomic E-state index is 10.6. The Bertz CT molecular complexity index is 1840. The molecule has 0 bridgehead atoms. The van der Waals surface area contributed by atoms with E-state index >= 15 is 0 Å². The van der Waals surface area contributed by atoms with Gasteiger partial charge in [0.15, 0.2) is 11.5 Å². The lowest BCUT2D eigenvalue weighted by atomic mass is 10.0. The molecule has 0 saturated carbocycles. The van der Waals surface area contributed by atoms with Crippen LogP contribution in [0.2, 0.25) is 0 Å². The number of ketones is 1. The van der Waals surface area contributed by atoms with Gasteiger partial charge >= 0.3 is 5.69 Å². The Morgan fingerprint density at radius 1 is 0.630 bits per heavy atom. The van der Waals surface area contributed by atoms with Crippen LogP contribution in [0.4, 0.5) is 5.69 Å². The Morgan fingerprint density at radius 2 is 1.02 bits per heavy atom. The van der Waals surface area contributed by atoms with Crippen LogP contribution in [0.3, 0.4) is 0 Å². The number of benzene rings is 5. The van der Waals surface area contributed by atoms with Gasteiger partial charge in [0, 0.05) is 12.5 Å². The van der Waals surface area contributed by atoms with Gasteiger partial charge in [-0.25, -0.2) is 0 Å². The highest BCUT2D eigenvalue weighted by Crippen LogP contribution is 2.23. The van der Waals surface area contributed by atoms with Gasteiger partial charge < -0.3 is 10.2 Å². The molecule has 6 nitrogen and oxygen atoms in total. The van der Waals surface area contributed by atoms with Gasteiger partial charge in [-0.2, -0.15) is 0 Å². The maximum absolute atomic E-state index is 10.6. The Balaban J connectivity index is 0.000000243. The van der Waals surface area contributed by atoms with E-state index in [9.17, 15) is 14.9 Å². The van der Waals surface area contributed by atoms with E-state index in [2.05, 4.69) is 85.0 Å². The van der Waals surface area contributed by atoms with Crippen molar-refractivity contribution in [1.82, 2.24) is 0 Å². The van der Waals surface area contributed by atoms with Crippen LogP contribution in [0.15, 0.2) is 181 Å². The van der Waals surface area contributed by atoms with Crippen molar-refractivity contribution in [3.8, 4) is 5.75 Å². The van der Waals surface area contributed by atoms with Crippen molar-refractivity contribution in [3.05, 3.63) is 213 Å². The van der Waals surface area contributed by atoms with Crippen molar-refractivity contribution in [3.63, 3.8) is 0 Å². The van der Waals surface area contributed by atoms with Gasteiger partial charge in [-0.15, -0.1) is 0 Å². The fraction of sp³-hybridized carbons (Fsp3) is 0.146. The number of rotatable bonds is 7. The van der Waals surface area contributed by atoms with E-state index in [4.69, 9.17) is 10.2 Å². The standard InChI is InChI=1S/C16H14.C14H12.C7H10O.C6H5NO3.C5H10O/c1-3-9-15(10-4-1)13-7-8-14-16-11-5-2-6-12-16;1-3-7-13(8-4-1)11-12-14-9-5-2-6-10-14;1-6-3-2-4-7(8)5-6;8-6-4-2-1-3-5(6)7(9)10;1-5(2)3-4-6/h1-14H;1-12H;5H,2-4H2,1H3;1-4,8H;3,6H,4H2,1-2H3/b13-7+,14-8+;12-11+;;;. The summed E-state index contributed by atoms with van der Waals surface area (Å²) in [7, 11) is 0. The second kappa shape index (κ2) is 27.3. The zero-order chi connectivity index (χ0) is 39.2. The second-order valence-corrected chi connectivity index (χ2v) is 12.2. The van der Waals surface area contributed by atoms with E-state index in [1.807, 2.05) is 93.6 Å². The molecule has 0 amide bonds. The number of nitro groups is 1. The van der Waals surface area contributed by atoms with Gasteiger partial charge in [0.25, 0.3) is 0 Å². The number of aliphatic hydroxyl groups is 1. The zero-order valence-corrected chi connectivity index (χ0v) is 31.4. The molecule has 5 aromatic carbocycles. The number of aliphatic hydroxyl groups excluding tert-OH is 1. The molecular formula is C48H51NO5. The first-order valence-electron chi connectivity index (χ1n) is 17.8. The van der Waals surface area contributed by atoms with Gasteiger partial charge in [-0.1, -0.05) is 187 Å². The molecule has 0 aliphatic heterocycles. The number of nitro benzene ring substituents is 1. The van der Waals surface area contributed by atoms with Crippen LogP contribution in [-0.4, -0.2) is 27.5 Å². The third-order valence-electron chi connectivity index (χ3n) is 7.33. The van der Waals surface area contributed by atoms with Gasteiger partial charge in [-0.05, 0) is 68.0 Å². The van der Waals surface area contributed by atoms with Crippen molar-refractivity contribution in [1.29, 1.82) is 0 Å². The molecule has 1 aliphatic carbocycles. The Morgan fingerprint density at radius 3 is 1.30 bits per heavy atom. The molecule has 6 rings (SSSR count). The van der Waals surface area contributed by atoms with Crippen LogP contribution in [0.5, 0.6) is 5.75 Å². The van der Waals surface area contributed by atoms with Gasteiger partial charge in [-0.3, -0.25) is 14.9 Å². The number of para-hydroxylation sites is 2. The minimum atomic E-state index is -0.630. The topological polar surface area (TPSA) is 101 Å². The average Bonchev–Trinajstić information content (AvgIpc) is 3.18. The van der Waals surface area contributed by atoms with Crippen LogP contribution in [0, 0.1) is 10.1 Å². The van der Waals surface area contributed by atoms with Crippen molar-refractivity contribution in [2.45, 2.75) is 40.0 Å². The van der Waals surface area contributed by atoms with E-state index in [-0.39, 0.29) is 18.0 Å². The lowest BCUT2D eigenvalue weighted by molar-refractivity contribution is -0.385. The van der Waals surface area contributed by atoms with E-state index in [1.165, 1.54) is 52.1 Å². The fourth-order valence-electron chi connectivity index (χ4n) is 4.54. The molecule has 0 fully saturated rings. The second-order valence-electron chi connectivity index (χ2n) is 12.2. The third kappa shape index (κ3) is 21.1. The highest BCUT2D eigenvalue weighted by atomic mass is 16.6. The lowest BCUT2D eigenvalue weighted by Crippen LogP contribution is -1.99. The average molecular weight is 722 g/mol. The van der Waals surface area contributed by atoms with Crippen molar-refractivity contribution in [2.75, 3.05) is 6.61 Å². The quantitative estimate of drug-likeness (QED) is 0.0573. The van der Waals surface area contributed by atoms with Crippen LogP contribution < -0.4 is 0 Å². The largest absolute Gasteiger partial charge is 0.502 e. The summed E-state index contributed by atoms with van der Waals surface area (Å²) in [5.74, 6) is 0.00116. The summed E-state index contributed by atoms with van der Waals surface area (Å²) in [5.41, 5.74) is 7.05. The van der Waals surface area contributed by atoms with E-state index in [0.29, 0.717) is 5.78 Å². The summed E-state index contributed by atoms with van der Waals surface area (Å²) in [6, 6.07) is 46.8. The number of phenols is 1. The molecule has 0 heterocycles. The van der Waals surface area contributed by atoms with Crippen LogP contribution >= 0.6 is 0 Å². The summed E-state index contributed by atoms with van der Waals surface area (Å²) in [6.45, 7) is 6.09. The number of nitrogens with zero attached hydrogens (tertiary/aromatic N) is 1. The highest BCUT2D eigenvalue weighted by Gasteiger charge is 2.09. The number of carbonyl (C=O) groups is 1. The summed E-state index contributed by atoms with van der Waals surface area (Å²) in [6.07, 6.45) is 19.0. The lowest BCUT2D eigenvalue weighted by Gasteiger charge is -2.04. The third-order valence-corrected chi connectivity index (χ3v) is 7.33. The number of hydrogen-bond acceptors (Lipinski definition) is 5.